The van der Waals surface area contributed by atoms with E-state index in [4.69, 9.17) is 4.74 Å². The molecule has 1 aromatic rings. The number of β-lactam (4-membered cyclic amide) rings is 1. The molecule has 1 aromatic heterocycles. The molecular weight excluding hydrogens is 368 g/mol. The van der Waals surface area contributed by atoms with E-state index in [1.54, 1.807) is 6.07 Å². The van der Waals surface area contributed by atoms with Crippen molar-refractivity contribution in [3.8, 4) is 0 Å². The quantitative estimate of drug-likeness (QED) is 0.410. The van der Waals surface area contributed by atoms with Crippen LogP contribution in [0.1, 0.15) is 4.88 Å². The highest BCUT2D eigenvalue weighted by molar-refractivity contribution is 8.03. The molecule has 3 heterocycles. The summed E-state index contributed by atoms with van der Waals surface area (Å²) in [6.07, 6.45) is 0.503. The van der Waals surface area contributed by atoms with Gasteiger partial charge >= 0.3 is 5.97 Å². The number of carbonyl (C=O) groups is 4. The molecule has 1 fully saturated rings. The maximum Gasteiger partial charge on any atom is 0.331 e. The Morgan fingerprint density at radius 2 is 2.28 bits per heavy atom. The molecule has 0 saturated carbocycles. The third-order valence-electron chi connectivity index (χ3n) is 4.01. The van der Waals surface area contributed by atoms with Crippen molar-refractivity contribution in [2.45, 2.75) is 23.6 Å². The lowest BCUT2D eigenvalue weighted by molar-refractivity contribution is -0.201. The van der Waals surface area contributed by atoms with Crippen molar-refractivity contribution in [2.75, 3.05) is 7.11 Å². The molecule has 3 rings (SSSR count). The Morgan fingerprint density at radius 3 is 2.84 bits per heavy atom. The number of carboxylic acid groups (broad SMARTS) is 1. The normalized spacial score (nSPS) is 27.8. The molecule has 10 heteroatoms. The summed E-state index contributed by atoms with van der Waals surface area (Å²) < 4.78 is 5.29. The Bertz CT molecular complexity index is 762. The molecule has 0 aromatic carbocycles. The van der Waals surface area contributed by atoms with Crippen molar-refractivity contribution in [3.63, 3.8) is 0 Å². The van der Waals surface area contributed by atoms with E-state index in [1.165, 1.54) is 23.9 Å². The summed E-state index contributed by atoms with van der Waals surface area (Å²) in [5, 5.41) is 14.4. The second kappa shape index (κ2) is 6.62. The molecule has 2 amide bonds. The summed E-state index contributed by atoms with van der Waals surface area (Å²) in [6, 6.07) is 2.23. The van der Waals surface area contributed by atoms with Crippen LogP contribution in [0.4, 0.5) is 0 Å². The van der Waals surface area contributed by atoms with E-state index in [0.717, 1.165) is 21.5 Å². The fourth-order valence-corrected chi connectivity index (χ4v) is 4.82. The van der Waals surface area contributed by atoms with Crippen molar-refractivity contribution in [1.82, 2.24) is 10.2 Å². The number of carboxylic acids is 1. The first-order chi connectivity index (χ1) is 11.9. The molecule has 0 aliphatic carbocycles. The second-order valence-corrected chi connectivity index (χ2v) is 7.41. The van der Waals surface area contributed by atoms with Crippen LogP contribution >= 0.6 is 23.1 Å². The number of thiophene rings is 1. The highest BCUT2D eigenvalue weighted by atomic mass is 32.2. The van der Waals surface area contributed by atoms with Gasteiger partial charge in [0.25, 0.3) is 11.6 Å². The Hall–Kier alpha value is -2.17. The molecular formula is C15H14N2O6S2. The fraction of sp³-hybridized carbons (Fsp3) is 0.333. The first-order valence-electron chi connectivity index (χ1n) is 7.19. The topological polar surface area (TPSA) is 113 Å². The molecule has 2 aliphatic heterocycles. The number of fused-ring (bicyclic) bond motifs is 1. The van der Waals surface area contributed by atoms with Crippen LogP contribution in [0, 0.1) is 0 Å². The van der Waals surface area contributed by atoms with Gasteiger partial charge in [-0.25, -0.2) is 4.79 Å². The van der Waals surface area contributed by atoms with Gasteiger partial charge in [0.2, 0.25) is 5.91 Å². The van der Waals surface area contributed by atoms with Crippen LogP contribution in [0.25, 0.3) is 0 Å². The van der Waals surface area contributed by atoms with Gasteiger partial charge in [-0.05, 0) is 16.9 Å². The van der Waals surface area contributed by atoms with Gasteiger partial charge in [-0.1, -0.05) is 6.07 Å². The van der Waals surface area contributed by atoms with E-state index in [2.05, 4.69) is 5.32 Å². The summed E-state index contributed by atoms with van der Waals surface area (Å²) in [4.78, 5) is 49.3. The number of nitrogens with one attached hydrogen (secondary N) is 1. The zero-order valence-electron chi connectivity index (χ0n) is 13.0. The number of rotatable bonds is 6. The molecule has 0 spiro atoms. The number of hydrogen-bond donors (Lipinski definition) is 2. The number of aldehydes is 1. The van der Waals surface area contributed by atoms with Gasteiger partial charge in [-0.15, -0.1) is 23.1 Å². The SMILES string of the molecule is COC1(NC(=O)Cc2cccs2)C(=O)N2C(C(=O)O)C(C=O)=CS[C@H]21. The molecule has 3 atom stereocenters. The number of thioether (sulfide) groups is 1. The predicted octanol–water partition coefficient (Wildman–Crippen LogP) is 0.201. The minimum absolute atomic E-state index is 0.0169. The Morgan fingerprint density at radius 1 is 1.52 bits per heavy atom. The van der Waals surface area contributed by atoms with Crippen LogP contribution in [0.15, 0.2) is 28.5 Å². The standard InChI is InChI=1S/C15H14N2O6S2/c1-23-15(16-10(19)5-9-3-2-4-24-9)13(22)17-11(12(20)21)8(6-18)7-25-14(15)17/h2-4,6-7,11,14H,5H2,1H3,(H,16,19)(H,20,21)/t11?,14-,15?/m0/s1. The summed E-state index contributed by atoms with van der Waals surface area (Å²) in [5.74, 6) is -2.41. The molecule has 2 aliphatic rings. The molecule has 25 heavy (non-hydrogen) atoms. The van der Waals surface area contributed by atoms with Crippen molar-refractivity contribution in [3.05, 3.63) is 33.4 Å². The van der Waals surface area contributed by atoms with Crippen molar-refractivity contribution < 1.29 is 29.0 Å². The van der Waals surface area contributed by atoms with Crippen LogP contribution in [0.3, 0.4) is 0 Å². The molecule has 2 N–H and O–H groups in total. The van der Waals surface area contributed by atoms with E-state index in [-0.39, 0.29) is 12.0 Å². The lowest BCUT2D eigenvalue weighted by Crippen LogP contribution is -2.83. The van der Waals surface area contributed by atoms with Crippen LogP contribution in [-0.4, -0.2) is 58.3 Å². The average molecular weight is 382 g/mol. The van der Waals surface area contributed by atoms with Gasteiger partial charge in [-0.2, -0.15) is 0 Å². The predicted molar refractivity (Wildman–Crippen MR) is 89.7 cm³/mol. The number of methoxy groups -OCH3 is 1. The maximum atomic E-state index is 12.6. The minimum Gasteiger partial charge on any atom is -0.479 e. The lowest BCUT2D eigenvalue weighted by atomic mass is 9.95. The third kappa shape index (κ3) is 2.75. The van der Waals surface area contributed by atoms with E-state index in [0.29, 0.717) is 6.29 Å². The minimum atomic E-state index is -1.64. The molecule has 0 bridgehead atoms. The highest BCUT2D eigenvalue weighted by Gasteiger charge is 2.67. The van der Waals surface area contributed by atoms with Gasteiger partial charge in [-0.3, -0.25) is 14.4 Å². The zero-order valence-corrected chi connectivity index (χ0v) is 14.6. The van der Waals surface area contributed by atoms with Crippen molar-refractivity contribution in [1.29, 1.82) is 0 Å². The summed E-state index contributed by atoms with van der Waals surface area (Å²) in [5.41, 5.74) is -1.66. The number of nitrogens with zero attached hydrogens (tertiary/aromatic N) is 1. The van der Waals surface area contributed by atoms with Crippen molar-refractivity contribution in [2.24, 2.45) is 0 Å². The van der Waals surface area contributed by atoms with Gasteiger partial charge in [0.05, 0.1) is 6.42 Å². The molecule has 2 unspecified atom stereocenters. The van der Waals surface area contributed by atoms with Crippen LogP contribution in [0.2, 0.25) is 0 Å². The average Bonchev–Trinajstić information content (AvgIpc) is 3.10. The zero-order chi connectivity index (χ0) is 18.2. The van der Waals surface area contributed by atoms with Gasteiger partial charge in [0.1, 0.15) is 11.7 Å². The van der Waals surface area contributed by atoms with Crippen LogP contribution < -0.4 is 5.32 Å². The Labute approximate surface area is 150 Å². The molecule has 8 nitrogen and oxygen atoms in total. The molecule has 1 saturated heterocycles. The summed E-state index contributed by atoms with van der Waals surface area (Å²) in [7, 11) is 1.27. The molecule has 132 valence electrons. The largest absolute Gasteiger partial charge is 0.479 e. The number of aliphatic carboxylic acids is 1. The lowest BCUT2D eigenvalue weighted by Gasteiger charge is -2.56. The Balaban J connectivity index is 1.82. The van der Waals surface area contributed by atoms with Crippen molar-refractivity contribution >= 4 is 47.2 Å². The number of hydrogen-bond acceptors (Lipinski definition) is 7. The van der Waals surface area contributed by atoms with Gasteiger partial charge in [0.15, 0.2) is 6.04 Å². The first-order valence-corrected chi connectivity index (χ1v) is 9.01. The first kappa shape index (κ1) is 17.6. The van der Waals surface area contributed by atoms with Crippen LogP contribution in [-0.2, 0) is 30.3 Å². The monoisotopic (exact) mass is 382 g/mol. The Kier molecular flexibility index (Phi) is 4.67. The fourth-order valence-electron chi connectivity index (χ4n) is 2.85. The summed E-state index contributed by atoms with van der Waals surface area (Å²) >= 11 is 2.48. The van der Waals surface area contributed by atoms with E-state index in [1.807, 2.05) is 11.4 Å². The number of amides is 2. The highest BCUT2D eigenvalue weighted by Crippen LogP contribution is 2.45. The number of carbonyl (C=O) groups excluding carboxylic acids is 3. The third-order valence-corrected chi connectivity index (χ3v) is 6.11. The van der Waals surface area contributed by atoms with E-state index < -0.39 is 34.9 Å². The second-order valence-electron chi connectivity index (χ2n) is 5.42. The van der Waals surface area contributed by atoms with Gasteiger partial charge < -0.3 is 20.1 Å². The smallest absolute Gasteiger partial charge is 0.331 e. The summed E-state index contributed by atoms with van der Waals surface area (Å²) in [6.45, 7) is 0. The van der Waals surface area contributed by atoms with E-state index in [9.17, 15) is 24.3 Å². The van der Waals surface area contributed by atoms with Crippen LogP contribution in [0.5, 0.6) is 0 Å². The maximum absolute atomic E-state index is 12.6. The molecule has 0 radical (unpaired) electrons. The van der Waals surface area contributed by atoms with E-state index >= 15 is 0 Å². The van der Waals surface area contributed by atoms with Gasteiger partial charge in [0, 0.05) is 17.6 Å². The number of ether oxygens (including phenoxy) is 1.